The molecule has 1 saturated heterocycles. The lowest BCUT2D eigenvalue weighted by atomic mass is 9.81. The Kier molecular flexibility index (Phi) is 4.51. The van der Waals surface area contributed by atoms with Crippen LogP contribution in [-0.2, 0) is 11.3 Å². The number of fused-ring (bicyclic) bond motifs is 1. The molecule has 1 aromatic heterocycles. The standard InChI is InChI=1S/C18H19ClN4O4/c19-13-5-1-3-11(7-13)15-21-14(27-22-15)8-20-17(26)23-9-12-4-2-6-18(12,10-23)16(24)25/h1,3,5,7,12H,2,4,6,8-10H2,(H,20,26)(H,24,25)/t12-,18+/m0/s1. The topological polar surface area (TPSA) is 109 Å². The number of carbonyl (C=O) groups excluding carboxylic acids is 1. The van der Waals surface area contributed by atoms with E-state index in [1.165, 1.54) is 0 Å². The van der Waals surface area contributed by atoms with Crippen LogP contribution >= 0.6 is 11.6 Å². The van der Waals surface area contributed by atoms with Crippen molar-refractivity contribution in [3.8, 4) is 11.4 Å². The molecular formula is C18H19ClN4O4. The zero-order valence-electron chi connectivity index (χ0n) is 14.5. The summed E-state index contributed by atoms with van der Waals surface area (Å²) in [6, 6.07) is 6.77. The Bertz CT molecular complexity index is 886. The number of hydrogen-bond acceptors (Lipinski definition) is 5. The van der Waals surface area contributed by atoms with Crippen molar-refractivity contribution in [2.24, 2.45) is 11.3 Å². The van der Waals surface area contributed by atoms with Gasteiger partial charge in [-0.1, -0.05) is 35.3 Å². The van der Waals surface area contributed by atoms with Crippen LogP contribution in [0.3, 0.4) is 0 Å². The zero-order valence-corrected chi connectivity index (χ0v) is 15.3. The van der Waals surface area contributed by atoms with Gasteiger partial charge in [0.25, 0.3) is 0 Å². The maximum Gasteiger partial charge on any atom is 0.317 e. The van der Waals surface area contributed by atoms with E-state index >= 15 is 0 Å². The van der Waals surface area contributed by atoms with Crippen molar-refractivity contribution in [3.05, 3.63) is 35.2 Å². The number of carboxylic acid groups (broad SMARTS) is 1. The fraction of sp³-hybridized carbons (Fsp3) is 0.444. The van der Waals surface area contributed by atoms with Gasteiger partial charge in [-0.05, 0) is 30.9 Å². The molecule has 0 spiro atoms. The van der Waals surface area contributed by atoms with E-state index in [0.717, 1.165) is 18.4 Å². The molecule has 2 amide bonds. The largest absolute Gasteiger partial charge is 0.481 e. The van der Waals surface area contributed by atoms with Crippen molar-refractivity contribution in [1.29, 1.82) is 0 Å². The van der Waals surface area contributed by atoms with Crippen LogP contribution in [0.4, 0.5) is 4.79 Å². The number of carbonyl (C=O) groups is 2. The number of urea groups is 1. The van der Waals surface area contributed by atoms with Crippen molar-refractivity contribution in [2.45, 2.75) is 25.8 Å². The van der Waals surface area contributed by atoms with Gasteiger partial charge in [0, 0.05) is 23.7 Å². The van der Waals surface area contributed by atoms with Crippen LogP contribution in [0, 0.1) is 11.3 Å². The van der Waals surface area contributed by atoms with Crippen LogP contribution < -0.4 is 5.32 Å². The maximum absolute atomic E-state index is 12.5. The maximum atomic E-state index is 12.5. The summed E-state index contributed by atoms with van der Waals surface area (Å²) in [5, 5.41) is 16.8. The van der Waals surface area contributed by atoms with Gasteiger partial charge in [-0.25, -0.2) is 4.79 Å². The second kappa shape index (κ2) is 6.84. The number of nitrogens with one attached hydrogen (secondary N) is 1. The highest BCUT2D eigenvalue weighted by Gasteiger charge is 2.55. The van der Waals surface area contributed by atoms with Crippen molar-refractivity contribution in [3.63, 3.8) is 0 Å². The summed E-state index contributed by atoms with van der Waals surface area (Å²) in [5.74, 6) is -0.116. The Morgan fingerprint density at radius 1 is 1.44 bits per heavy atom. The Balaban J connectivity index is 1.37. The summed E-state index contributed by atoms with van der Waals surface area (Å²) in [6.45, 7) is 0.791. The number of aromatic nitrogens is 2. The first kappa shape index (κ1) is 17.8. The van der Waals surface area contributed by atoms with E-state index in [1.54, 1.807) is 23.1 Å². The third-order valence-corrected chi connectivity index (χ3v) is 5.76. The van der Waals surface area contributed by atoms with Gasteiger partial charge in [0.05, 0.1) is 12.0 Å². The van der Waals surface area contributed by atoms with Crippen molar-refractivity contribution >= 4 is 23.6 Å². The van der Waals surface area contributed by atoms with E-state index in [0.29, 0.717) is 23.8 Å². The molecule has 2 aromatic rings. The normalized spacial score (nSPS) is 24.0. The minimum Gasteiger partial charge on any atom is -0.481 e. The number of nitrogens with zero attached hydrogens (tertiary/aromatic N) is 3. The van der Waals surface area contributed by atoms with Gasteiger partial charge in [0.15, 0.2) is 0 Å². The molecule has 9 heteroatoms. The van der Waals surface area contributed by atoms with Crippen LogP contribution in [0.5, 0.6) is 0 Å². The van der Waals surface area contributed by atoms with Gasteiger partial charge in [-0.2, -0.15) is 4.98 Å². The summed E-state index contributed by atoms with van der Waals surface area (Å²) >= 11 is 5.96. The first-order valence-electron chi connectivity index (χ1n) is 8.83. The highest BCUT2D eigenvalue weighted by atomic mass is 35.5. The summed E-state index contributed by atoms with van der Waals surface area (Å²) < 4.78 is 5.17. The Labute approximate surface area is 160 Å². The third-order valence-electron chi connectivity index (χ3n) is 5.53. The number of hydrogen-bond donors (Lipinski definition) is 2. The predicted octanol–water partition coefficient (Wildman–Crippen LogP) is 2.79. The van der Waals surface area contributed by atoms with Crippen molar-refractivity contribution in [2.75, 3.05) is 13.1 Å². The van der Waals surface area contributed by atoms with Gasteiger partial charge < -0.3 is 19.8 Å². The molecule has 0 radical (unpaired) electrons. The molecule has 0 unspecified atom stereocenters. The van der Waals surface area contributed by atoms with E-state index in [-0.39, 0.29) is 30.9 Å². The lowest BCUT2D eigenvalue weighted by Crippen LogP contribution is -2.41. The smallest absolute Gasteiger partial charge is 0.317 e. The number of rotatable bonds is 4. The minimum absolute atomic E-state index is 0.0265. The molecule has 1 saturated carbocycles. The number of aliphatic carboxylic acids is 1. The van der Waals surface area contributed by atoms with E-state index in [9.17, 15) is 14.7 Å². The lowest BCUT2D eigenvalue weighted by Gasteiger charge is -2.23. The molecule has 8 nitrogen and oxygen atoms in total. The molecule has 2 fully saturated rings. The molecule has 2 aliphatic rings. The SMILES string of the molecule is O=C(NCc1nc(-c2cccc(Cl)c2)no1)N1C[C@@H]2CCC[C@@]2(C(=O)O)C1. The van der Waals surface area contributed by atoms with Gasteiger partial charge >= 0.3 is 12.0 Å². The van der Waals surface area contributed by atoms with E-state index < -0.39 is 11.4 Å². The van der Waals surface area contributed by atoms with E-state index in [4.69, 9.17) is 16.1 Å². The molecule has 2 N–H and O–H groups in total. The summed E-state index contributed by atoms with van der Waals surface area (Å²) in [6.07, 6.45) is 2.38. The zero-order chi connectivity index (χ0) is 19.0. The molecule has 1 aliphatic heterocycles. The second-order valence-corrected chi connectivity index (χ2v) is 7.55. The van der Waals surface area contributed by atoms with Gasteiger partial charge in [0.2, 0.25) is 11.7 Å². The molecule has 27 heavy (non-hydrogen) atoms. The first-order chi connectivity index (χ1) is 13.0. The van der Waals surface area contributed by atoms with Crippen LogP contribution in [0.15, 0.2) is 28.8 Å². The van der Waals surface area contributed by atoms with E-state index in [1.807, 2.05) is 6.07 Å². The van der Waals surface area contributed by atoms with Crippen LogP contribution in [0.2, 0.25) is 5.02 Å². The molecule has 142 valence electrons. The van der Waals surface area contributed by atoms with Crippen LogP contribution in [0.1, 0.15) is 25.2 Å². The summed E-state index contributed by atoms with van der Waals surface area (Å²) in [4.78, 5) is 30.0. The predicted molar refractivity (Wildman–Crippen MR) is 96.0 cm³/mol. The molecule has 0 bridgehead atoms. The monoisotopic (exact) mass is 390 g/mol. The number of halogens is 1. The van der Waals surface area contributed by atoms with Crippen LogP contribution in [0.25, 0.3) is 11.4 Å². The van der Waals surface area contributed by atoms with Crippen molar-refractivity contribution < 1.29 is 19.2 Å². The second-order valence-electron chi connectivity index (χ2n) is 7.11. The van der Waals surface area contributed by atoms with Gasteiger partial charge in [-0.3, -0.25) is 4.79 Å². The molecular weight excluding hydrogens is 372 g/mol. The average Bonchev–Trinajstić information content (AvgIpc) is 3.33. The first-order valence-corrected chi connectivity index (χ1v) is 9.20. The molecule has 1 aromatic carbocycles. The highest BCUT2D eigenvalue weighted by Crippen LogP contribution is 2.48. The quantitative estimate of drug-likeness (QED) is 0.830. The third kappa shape index (κ3) is 3.25. The number of amides is 2. The number of likely N-dealkylation sites (tertiary alicyclic amines) is 1. The fourth-order valence-electron chi connectivity index (χ4n) is 4.13. The fourth-order valence-corrected chi connectivity index (χ4v) is 4.32. The Hall–Kier alpha value is -2.61. The number of benzene rings is 1. The van der Waals surface area contributed by atoms with Crippen LogP contribution in [-0.4, -0.2) is 45.2 Å². The minimum atomic E-state index is -0.802. The van der Waals surface area contributed by atoms with Crippen molar-refractivity contribution in [1.82, 2.24) is 20.4 Å². The molecule has 4 rings (SSSR count). The Morgan fingerprint density at radius 3 is 3.04 bits per heavy atom. The average molecular weight is 391 g/mol. The molecule has 1 aliphatic carbocycles. The Morgan fingerprint density at radius 2 is 2.30 bits per heavy atom. The molecule has 2 heterocycles. The summed E-state index contributed by atoms with van der Waals surface area (Å²) in [7, 11) is 0. The lowest BCUT2D eigenvalue weighted by molar-refractivity contribution is -0.149. The molecule has 2 atom stereocenters. The highest BCUT2D eigenvalue weighted by molar-refractivity contribution is 6.30. The number of carboxylic acids is 1. The van der Waals surface area contributed by atoms with Gasteiger partial charge in [-0.15, -0.1) is 0 Å². The summed E-state index contributed by atoms with van der Waals surface area (Å²) in [5.41, 5.74) is -0.0683. The van der Waals surface area contributed by atoms with Gasteiger partial charge in [0.1, 0.15) is 0 Å². The van der Waals surface area contributed by atoms with E-state index in [2.05, 4.69) is 15.5 Å².